The molecule has 0 aliphatic heterocycles. The fourth-order valence-electron chi connectivity index (χ4n) is 2.42. The molecular formula is C16H17N3O. The number of ether oxygens (including phenoxy) is 1. The number of methoxy groups -OCH3 is 1. The highest BCUT2D eigenvalue weighted by Crippen LogP contribution is 2.26. The first-order valence-electron chi connectivity index (χ1n) is 6.55. The molecule has 2 heterocycles. The van der Waals surface area contributed by atoms with E-state index in [9.17, 15) is 0 Å². The molecule has 0 radical (unpaired) electrons. The van der Waals surface area contributed by atoms with E-state index in [1.807, 2.05) is 42.6 Å². The van der Waals surface area contributed by atoms with Gasteiger partial charge in [0.05, 0.1) is 12.8 Å². The van der Waals surface area contributed by atoms with Gasteiger partial charge in [0.15, 0.2) is 0 Å². The van der Waals surface area contributed by atoms with Crippen LogP contribution < -0.4 is 10.5 Å². The van der Waals surface area contributed by atoms with Crippen molar-refractivity contribution in [2.24, 2.45) is 5.73 Å². The fraction of sp³-hybridized carbons (Fsp3) is 0.188. The lowest BCUT2D eigenvalue weighted by molar-refractivity contribution is 0.415. The van der Waals surface area contributed by atoms with Gasteiger partial charge in [0, 0.05) is 29.6 Å². The Morgan fingerprint density at radius 2 is 1.95 bits per heavy atom. The highest BCUT2D eigenvalue weighted by Gasteiger charge is 2.12. The maximum absolute atomic E-state index is 5.78. The van der Waals surface area contributed by atoms with E-state index in [4.69, 9.17) is 15.5 Å². The monoisotopic (exact) mass is 267 g/mol. The molecule has 0 aliphatic carbocycles. The Kier molecular flexibility index (Phi) is 3.16. The molecule has 3 aromatic rings. The van der Waals surface area contributed by atoms with Crippen LogP contribution in [0.1, 0.15) is 11.3 Å². The van der Waals surface area contributed by atoms with Gasteiger partial charge in [-0.3, -0.25) is 0 Å². The van der Waals surface area contributed by atoms with Crippen LogP contribution in [0.15, 0.2) is 42.6 Å². The lowest BCUT2D eigenvalue weighted by Gasteiger charge is -2.02. The zero-order chi connectivity index (χ0) is 14.1. The van der Waals surface area contributed by atoms with Crippen LogP contribution in [0.25, 0.3) is 16.9 Å². The Morgan fingerprint density at radius 3 is 2.60 bits per heavy atom. The van der Waals surface area contributed by atoms with E-state index < -0.39 is 0 Å². The predicted octanol–water partition coefficient (Wildman–Crippen LogP) is 2.78. The summed E-state index contributed by atoms with van der Waals surface area (Å²) in [6.07, 6.45) is 2.02. The summed E-state index contributed by atoms with van der Waals surface area (Å²) in [6, 6.07) is 12.0. The number of benzene rings is 1. The van der Waals surface area contributed by atoms with Crippen LogP contribution in [0.2, 0.25) is 0 Å². The molecular weight excluding hydrogens is 250 g/mol. The highest BCUT2D eigenvalue weighted by molar-refractivity contribution is 5.68. The van der Waals surface area contributed by atoms with E-state index in [1.54, 1.807) is 7.11 Å². The fourth-order valence-corrected chi connectivity index (χ4v) is 2.42. The summed E-state index contributed by atoms with van der Waals surface area (Å²) in [5.41, 5.74) is 10.9. The number of imidazole rings is 1. The maximum Gasteiger partial charge on any atom is 0.142 e. The molecule has 0 amide bonds. The SMILES string of the molecule is COc1ccc(-c2nc3c(CN)cccn3c2C)cc1. The number of hydrogen-bond acceptors (Lipinski definition) is 3. The third kappa shape index (κ3) is 1.94. The Morgan fingerprint density at radius 1 is 1.20 bits per heavy atom. The van der Waals surface area contributed by atoms with E-state index in [0.29, 0.717) is 6.54 Å². The molecule has 102 valence electrons. The molecule has 0 fully saturated rings. The van der Waals surface area contributed by atoms with Gasteiger partial charge in [-0.15, -0.1) is 0 Å². The van der Waals surface area contributed by atoms with Crippen molar-refractivity contribution in [1.82, 2.24) is 9.38 Å². The molecule has 0 atom stereocenters. The first-order valence-corrected chi connectivity index (χ1v) is 6.55. The van der Waals surface area contributed by atoms with Crippen LogP contribution in [-0.4, -0.2) is 16.5 Å². The summed E-state index contributed by atoms with van der Waals surface area (Å²) in [4.78, 5) is 4.75. The number of aryl methyl sites for hydroxylation is 1. The largest absolute Gasteiger partial charge is 0.497 e. The molecule has 0 bridgehead atoms. The van der Waals surface area contributed by atoms with Gasteiger partial charge < -0.3 is 14.9 Å². The zero-order valence-corrected chi connectivity index (χ0v) is 11.6. The summed E-state index contributed by atoms with van der Waals surface area (Å²) < 4.78 is 7.27. The average molecular weight is 267 g/mol. The van der Waals surface area contributed by atoms with Crippen molar-refractivity contribution in [3.05, 3.63) is 53.9 Å². The van der Waals surface area contributed by atoms with Crippen molar-refractivity contribution in [1.29, 1.82) is 0 Å². The van der Waals surface area contributed by atoms with Gasteiger partial charge >= 0.3 is 0 Å². The molecule has 4 heteroatoms. The molecule has 20 heavy (non-hydrogen) atoms. The van der Waals surface area contributed by atoms with Crippen molar-refractivity contribution < 1.29 is 4.74 Å². The minimum Gasteiger partial charge on any atom is -0.497 e. The number of fused-ring (bicyclic) bond motifs is 1. The number of aromatic nitrogens is 2. The number of hydrogen-bond donors (Lipinski definition) is 1. The highest BCUT2D eigenvalue weighted by atomic mass is 16.5. The van der Waals surface area contributed by atoms with E-state index in [0.717, 1.165) is 33.9 Å². The van der Waals surface area contributed by atoms with Gasteiger partial charge in [-0.1, -0.05) is 6.07 Å². The van der Waals surface area contributed by atoms with Crippen LogP contribution in [0.4, 0.5) is 0 Å². The lowest BCUT2D eigenvalue weighted by atomic mass is 10.1. The second-order valence-corrected chi connectivity index (χ2v) is 4.71. The van der Waals surface area contributed by atoms with Gasteiger partial charge in [-0.25, -0.2) is 4.98 Å². The van der Waals surface area contributed by atoms with Crippen molar-refractivity contribution >= 4 is 5.65 Å². The summed E-state index contributed by atoms with van der Waals surface area (Å²) in [5.74, 6) is 0.845. The van der Waals surface area contributed by atoms with Gasteiger partial charge in [0.2, 0.25) is 0 Å². The normalized spacial score (nSPS) is 10.9. The van der Waals surface area contributed by atoms with Crippen molar-refractivity contribution in [3.63, 3.8) is 0 Å². The third-order valence-corrected chi connectivity index (χ3v) is 3.55. The molecule has 0 saturated carbocycles. The smallest absolute Gasteiger partial charge is 0.142 e. The Balaban J connectivity index is 2.18. The summed E-state index contributed by atoms with van der Waals surface area (Å²) in [5, 5.41) is 0. The van der Waals surface area contributed by atoms with E-state index >= 15 is 0 Å². The van der Waals surface area contributed by atoms with Crippen molar-refractivity contribution in [2.45, 2.75) is 13.5 Å². The van der Waals surface area contributed by atoms with Gasteiger partial charge in [0.1, 0.15) is 11.4 Å². The second kappa shape index (κ2) is 4.98. The molecule has 2 N–H and O–H groups in total. The number of rotatable bonds is 3. The Labute approximate surface area is 117 Å². The summed E-state index contributed by atoms with van der Waals surface area (Å²) >= 11 is 0. The van der Waals surface area contributed by atoms with Crippen molar-refractivity contribution in [2.75, 3.05) is 7.11 Å². The van der Waals surface area contributed by atoms with Crippen LogP contribution >= 0.6 is 0 Å². The third-order valence-electron chi connectivity index (χ3n) is 3.55. The minimum absolute atomic E-state index is 0.489. The molecule has 0 saturated heterocycles. The topological polar surface area (TPSA) is 52.5 Å². The quantitative estimate of drug-likeness (QED) is 0.794. The predicted molar refractivity (Wildman–Crippen MR) is 79.8 cm³/mol. The maximum atomic E-state index is 5.78. The minimum atomic E-state index is 0.489. The molecule has 0 unspecified atom stereocenters. The van der Waals surface area contributed by atoms with E-state index in [2.05, 4.69) is 11.3 Å². The Bertz CT molecular complexity index is 744. The summed E-state index contributed by atoms with van der Waals surface area (Å²) in [7, 11) is 1.67. The first-order chi connectivity index (χ1) is 9.74. The van der Waals surface area contributed by atoms with Gasteiger partial charge in [0.25, 0.3) is 0 Å². The lowest BCUT2D eigenvalue weighted by Crippen LogP contribution is -1.99. The van der Waals surface area contributed by atoms with Crippen molar-refractivity contribution in [3.8, 4) is 17.0 Å². The first kappa shape index (κ1) is 12.7. The molecule has 2 aromatic heterocycles. The number of nitrogens with zero attached hydrogens (tertiary/aromatic N) is 2. The molecule has 4 nitrogen and oxygen atoms in total. The van der Waals surface area contributed by atoms with E-state index in [1.165, 1.54) is 0 Å². The van der Waals surface area contributed by atoms with Gasteiger partial charge in [-0.2, -0.15) is 0 Å². The average Bonchev–Trinajstić information content (AvgIpc) is 2.85. The number of nitrogens with two attached hydrogens (primary N) is 1. The van der Waals surface area contributed by atoms with Gasteiger partial charge in [-0.05, 0) is 37.3 Å². The molecule has 3 rings (SSSR count). The zero-order valence-electron chi connectivity index (χ0n) is 11.6. The molecule has 1 aromatic carbocycles. The van der Waals surface area contributed by atoms with E-state index in [-0.39, 0.29) is 0 Å². The second-order valence-electron chi connectivity index (χ2n) is 4.71. The van der Waals surface area contributed by atoms with Crippen LogP contribution in [-0.2, 0) is 6.54 Å². The Hall–Kier alpha value is -2.33. The van der Waals surface area contributed by atoms with Crippen LogP contribution in [0, 0.1) is 6.92 Å². The van der Waals surface area contributed by atoms with Crippen LogP contribution in [0.3, 0.4) is 0 Å². The standard InChI is InChI=1S/C16H17N3O/c1-11-15(12-5-7-14(20-2)8-6-12)18-16-13(10-17)4-3-9-19(11)16/h3-9H,10,17H2,1-2H3. The molecule has 0 spiro atoms. The number of pyridine rings is 1. The van der Waals surface area contributed by atoms with Crippen LogP contribution in [0.5, 0.6) is 5.75 Å². The molecule has 0 aliphatic rings. The summed E-state index contributed by atoms with van der Waals surface area (Å²) in [6.45, 7) is 2.56.